The van der Waals surface area contributed by atoms with E-state index in [1.807, 2.05) is 24.3 Å². The first-order valence-corrected chi connectivity index (χ1v) is 6.75. The molecule has 0 aliphatic heterocycles. The fourth-order valence-electron chi connectivity index (χ4n) is 2.12. The van der Waals surface area contributed by atoms with Crippen molar-refractivity contribution in [1.29, 1.82) is 0 Å². The molecule has 1 aliphatic carbocycles. The quantitative estimate of drug-likeness (QED) is 0.783. The number of para-hydroxylation sites is 1. The monoisotopic (exact) mass is 223 g/mol. The summed E-state index contributed by atoms with van der Waals surface area (Å²) in [6.45, 7) is 0. The molecule has 0 amide bonds. The molecule has 0 radical (unpaired) electrons. The van der Waals surface area contributed by atoms with Crippen LogP contribution in [0.15, 0.2) is 29.2 Å². The molecule has 2 N–H and O–H groups in total. The first-order valence-electron chi connectivity index (χ1n) is 5.54. The van der Waals surface area contributed by atoms with E-state index in [9.17, 15) is 4.21 Å². The van der Waals surface area contributed by atoms with E-state index in [1.165, 1.54) is 19.3 Å². The van der Waals surface area contributed by atoms with Crippen molar-refractivity contribution in [2.24, 2.45) is 0 Å². The van der Waals surface area contributed by atoms with Crippen LogP contribution in [-0.4, -0.2) is 9.46 Å². The average molecular weight is 223 g/mol. The van der Waals surface area contributed by atoms with Crippen LogP contribution in [0.3, 0.4) is 0 Å². The Morgan fingerprint density at radius 1 is 1.13 bits per heavy atom. The minimum Gasteiger partial charge on any atom is -0.398 e. The fraction of sp³-hybridized carbons (Fsp3) is 0.500. The summed E-state index contributed by atoms with van der Waals surface area (Å²) in [6, 6.07) is 7.51. The van der Waals surface area contributed by atoms with Crippen molar-refractivity contribution in [2.45, 2.75) is 42.2 Å². The van der Waals surface area contributed by atoms with Gasteiger partial charge in [-0.15, -0.1) is 0 Å². The van der Waals surface area contributed by atoms with Crippen molar-refractivity contribution in [2.75, 3.05) is 5.73 Å². The van der Waals surface area contributed by atoms with E-state index < -0.39 is 10.8 Å². The maximum absolute atomic E-state index is 12.3. The smallest absolute Gasteiger partial charge is 0.0620 e. The lowest BCUT2D eigenvalue weighted by Crippen LogP contribution is -2.19. The Labute approximate surface area is 93.3 Å². The molecule has 0 saturated heterocycles. The molecule has 1 aliphatic rings. The van der Waals surface area contributed by atoms with Crippen molar-refractivity contribution in [3.63, 3.8) is 0 Å². The second-order valence-electron chi connectivity index (χ2n) is 4.10. The molecule has 0 bridgehead atoms. The van der Waals surface area contributed by atoms with Crippen molar-refractivity contribution < 1.29 is 4.21 Å². The minimum atomic E-state index is -0.906. The Hall–Kier alpha value is -0.830. The molecule has 2 nitrogen and oxygen atoms in total. The molecule has 82 valence electrons. The van der Waals surface area contributed by atoms with E-state index in [1.54, 1.807) is 0 Å². The van der Waals surface area contributed by atoms with Crippen LogP contribution in [-0.2, 0) is 10.8 Å². The summed E-state index contributed by atoms with van der Waals surface area (Å²) >= 11 is 0. The predicted octanol–water partition coefficient (Wildman–Crippen LogP) is 2.71. The lowest BCUT2D eigenvalue weighted by atomic mass is 10.0. The highest BCUT2D eigenvalue weighted by Crippen LogP contribution is 2.27. The third-order valence-corrected chi connectivity index (χ3v) is 4.87. The summed E-state index contributed by atoms with van der Waals surface area (Å²) in [5.41, 5.74) is 6.50. The molecule has 1 aromatic carbocycles. The first-order chi connectivity index (χ1) is 7.29. The standard InChI is InChI=1S/C12H17NOS/c13-11-8-4-5-9-12(11)15(14)10-6-2-1-3-7-10/h4-5,8-10H,1-3,6-7,13H2. The van der Waals surface area contributed by atoms with Gasteiger partial charge in [0.25, 0.3) is 0 Å². The summed E-state index contributed by atoms with van der Waals surface area (Å²) in [5.74, 6) is 0. The van der Waals surface area contributed by atoms with Crippen LogP contribution < -0.4 is 5.73 Å². The normalized spacial score (nSPS) is 20.0. The van der Waals surface area contributed by atoms with E-state index in [0.29, 0.717) is 10.9 Å². The fourth-order valence-corrected chi connectivity index (χ4v) is 3.76. The van der Waals surface area contributed by atoms with Crippen LogP contribution in [0.25, 0.3) is 0 Å². The van der Waals surface area contributed by atoms with Gasteiger partial charge in [-0.3, -0.25) is 4.21 Å². The van der Waals surface area contributed by atoms with Gasteiger partial charge in [0.2, 0.25) is 0 Å². The maximum atomic E-state index is 12.3. The molecule has 3 heteroatoms. The molecule has 0 spiro atoms. The highest BCUT2D eigenvalue weighted by Gasteiger charge is 2.21. The first kappa shape index (κ1) is 10.7. The summed E-state index contributed by atoms with van der Waals surface area (Å²) in [6.07, 6.45) is 5.88. The average Bonchev–Trinajstić information content (AvgIpc) is 2.30. The Morgan fingerprint density at radius 2 is 1.80 bits per heavy atom. The second kappa shape index (κ2) is 4.79. The molecule has 0 heterocycles. The van der Waals surface area contributed by atoms with Crippen LogP contribution in [0.5, 0.6) is 0 Å². The molecule has 1 aromatic rings. The zero-order valence-corrected chi connectivity index (χ0v) is 9.63. The van der Waals surface area contributed by atoms with E-state index in [-0.39, 0.29) is 0 Å². The van der Waals surface area contributed by atoms with E-state index in [4.69, 9.17) is 5.73 Å². The summed E-state index contributed by atoms with van der Waals surface area (Å²) in [4.78, 5) is 0.824. The number of nitrogen functional groups attached to an aromatic ring is 1. The number of hydrogen-bond donors (Lipinski definition) is 1. The molecule has 1 unspecified atom stereocenters. The summed E-state index contributed by atoms with van der Waals surface area (Å²) in [5, 5.41) is 0.323. The Morgan fingerprint density at radius 3 is 2.47 bits per heavy atom. The maximum Gasteiger partial charge on any atom is 0.0620 e. The zero-order chi connectivity index (χ0) is 10.7. The third kappa shape index (κ3) is 2.40. The van der Waals surface area contributed by atoms with Gasteiger partial charge in [-0.1, -0.05) is 31.4 Å². The molecule has 1 saturated carbocycles. The SMILES string of the molecule is Nc1ccccc1S(=O)C1CCCCC1. The van der Waals surface area contributed by atoms with Gasteiger partial charge in [0.1, 0.15) is 0 Å². The molecule has 15 heavy (non-hydrogen) atoms. The van der Waals surface area contributed by atoms with Gasteiger partial charge in [0.15, 0.2) is 0 Å². The van der Waals surface area contributed by atoms with Crippen molar-refractivity contribution in [3.8, 4) is 0 Å². The van der Waals surface area contributed by atoms with Gasteiger partial charge >= 0.3 is 0 Å². The van der Waals surface area contributed by atoms with Gasteiger partial charge < -0.3 is 5.73 Å². The van der Waals surface area contributed by atoms with E-state index in [2.05, 4.69) is 0 Å². The molecule has 2 rings (SSSR count). The third-order valence-electron chi connectivity index (χ3n) is 2.99. The van der Waals surface area contributed by atoms with Crippen LogP contribution in [0.1, 0.15) is 32.1 Å². The highest BCUT2D eigenvalue weighted by molar-refractivity contribution is 7.85. The minimum absolute atomic E-state index is 0.323. The van der Waals surface area contributed by atoms with Crippen molar-refractivity contribution in [1.82, 2.24) is 0 Å². The lowest BCUT2D eigenvalue weighted by Gasteiger charge is -2.21. The topological polar surface area (TPSA) is 43.1 Å². The van der Waals surface area contributed by atoms with Gasteiger partial charge in [-0.05, 0) is 25.0 Å². The van der Waals surface area contributed by atoms with Crippen LogP contribution >= 0.6 is 0 Å². The predicted molar refractivity (Wildman–Crippen MR) is 64.1 cm³/mol. The molecular formula is C12H17NOS. The van der Waals surface area contributed by atoms with Crippen molar-refractivity contribution >= 4 is 16.5 Å². The summed E-state index contributed by atoms with van der Waals surface area (Å²) in [7, 11) is -0.906. The zero-order valence-electron chi connectivity index (χ0n) is 8.82. The van der Waals surface area contributed by atoms with Crippen molar-refractivity contribution in [3.05, 3.63) is 24.3 Å². The van der Waals surface area contributed by atoms with Crippen LogP contribution in [0.4, 0.5) is 5.69 Å². The Balaban J connectivity index is 2.16. The number of hydrogen-bond acceptors (Lipinski definition) is 2. The van der Waals surface area contributed by atoms with Gasteiger partial charge in [-0.25, -0.2) is 0 Å². The molecule has 0 aromatic heterocycles. The highest BCUT2D eigenvalue weighted by atomic mass is 32.2. The number of rotatable bonds is 2. The van der Waals surface area contributed by atoms with Gasteiger partial charge in [-0.2, -0.15) is 0 Å². The Kier molecular flexibility index (Phi) is 3.41. The molecule has 1 atom stereocenters. The van der Waals surface area contributed by atoms with E-state index >= 15 is 0 Å². The van der Waals surface area contributed by atoms with E-state index in [0.717, 1.165) is 17.7 Å². The van der Waals surface area contributed by atoms with Crippen LogP contribution in [0.2, 0.25) is 0 Å². The summed E-state index contributed by atoms with van der Waals surface area (Å²) < 4.78 is 12.3. The van der Waals surface area contributed by atoms with Gasteiger partial charge in [0.05, 0.1) is 15.7 Å². The number of anilines is 1. The largest absolute Gasteiger partial charge is 0.398 e. The molecular weight excluding hydrogens is 206 g/mol. The number of nitrogens with two attached hydrogens (primary N) is 1. The number of benzene rings is 1. The second-order valence-corrected chi connectivity index (χ2v) is 5.80. The van der Waals surface area contributed by atoms with Crippen LogP contribution in [0, 0.1) is 0 Å². The molecule has 1 fully saturated rings. The Bertz CT molecular complexity index is 358. The van der Waals surface area contributed by atoms with Gasteiger partial charge in [0, 0.05) is 10.9 Å². The lowest BCUT2D eigenvalue weighted by molar-refractivity contribution is 0.504.